The first-order valence-corrected chi connectivity index (χ1v) is 7.50. The molecule has 0 radical (unpaired) electrons. The molecule has 0 amide bonds. The van der Waals surface area contributed by atoms with Crippen LogP contribution in [0.15, 0.2) is 35.2 Å². The third-order valence-corrected chi connectivity index (χ3v) is 3.54. The first-order chi connectivity index (χ1) is 10.8. The van der Waals surface area contributed by atoms with Crippen molar-refractivity contribution in [3.8, 4) is 11.8 Å². The number of aryl methyl sites for hydroxylation is 1. The number of alkyl halides is 3. The van der Waals surface area contributed by atoms with Crippen LogP contribution in [0.4, 0.5) is 8.78 Å². The quantitative estimate of drug-likeness (QED) is 0.602. The number of benzene rings is 1. The zero-order valence-corrected chi connectivity index (χ0v) is 13.9. The molecule has 2 aromatic heterocycles. The maximum atomic E-state index is 13.2. The van der Waals surface area contributed by atoms with Crippen molar-refractivity contribution in [2.24, 2.45) is 0 Å². The Kier molecular flexibility index (Phi) is 4.11. The predicted octanol–water partition coefficient (Wildman–Crippen LogP) is 4.57. The molecule has 2 heterocycles. The highest BCUT2D eigenvalue weighted by atomic mass is 79.9. The second kappa shape index (κ2) is 5.93. The molecule has 0 atom stereocenters. The van der Waals surface area contributed by atoms with Crippen LogP contribution in [0.3, 0.4) is 0 Å². The number of hydrogen-bond acceptors (Lipinski definition) is 5. The van der Waals surface area contributed by atoms with Crippen molar-refractivity contribution in [3.05, 3.63) is 46.6 Å². The second-order valence-corrected chi connectivity index (χ2v) is 6.01. The van der Waals surface area contributed by atoms with Gasteiger partial charge in [0.25, 0.3) is 0 Å². The molecular formula is C14H8BrClF2N4O. The lowest BCUT2D eigenvalue weighted by molar-refractivity contribution is 0.0848. The molecule has 23 heavy (non-hydrogen) atoms. The highest BCUT2D eigenvalue weighted by Crippen LogP contribution is 2.34. The molecule has 3 rings (SSSR count). The van der Waals surface area contributed by atoms with Crippen LogP contribution >= 0.6 is 27.5 Å². The van der Waals surface area contributed by atoms with Crippen molar-refractivity contribution < 1.29 is 13.5 Å². The van der Waals surface area contributed by atoms with Crippen LogP contribution in [0.2, 0.25) is 0 Å². The zero-order chi connectivity index (χ0) is 16.6. The van der Waals surface area contributed by atoms with Gasteiger partial charge >= 0.3 is 11.4 Å². The van der Waals surface area contributed by atoms with E-state index in [9.17, 15) is 8.78 Å². The molecule has 0 aliphatic carbocycles. The predicted molar refractivity (Wildman–Crippen MR) is 83.8 cm³/mol. The topological polar surface area (TPSA) is 60.8 Å². The van der Waals surface area contributed by atoms with E-state index in [-0.39, 0.29) is 6.01 Å². The summed E-state index contributed by atoms with van der Waals surface area (Å²) in [6.45, 7) is 1.74. The van der Waals surface area contributed by atoms with E-state index in [1.807, 2.05) is 0 Å². The first kappa shape index (κ1) is 15.9. The summed E-state index contributed by atoms with van der Waals surface area (Å²) < 4.78 is 32.7. The smallest absolute Gasteiger partial charge is 0.381 e. The Labute approximate surface area is 142 Å². The molecule has 1 aromatic carbocycles. The van der Waals surface area contributed by atoms with E-state index in [1.54, 1.807) is 19.1 Å². The van der Waals surface area contributed by atoms with Crippen molar-refractivity contribution in [2.45, 2.75) is 12.3 Å². The molecule has 3 aromatic rings. The zero-order valence-electron chi connectivity index (χ0n) is 11.6. The minimum absolute atomic E-state index is 0.116. The van der Waals surface area contributed by atoms with Gasteiger partial charge in [0, 0.05) is 18.6 Å². The van der Waals surface area contributed by atoms with E-state index in [0.717, 1.165) is 0 Å². The van der Waals surface area contributed by atoms with Gasteiger partial charge in [-0.3, -0.25) is 0 Å². The van der Waals surface area contributed by atoms with Gasteiger partial charge < -0.3 is 4.74 Å². The van der Waals surface area contributed by atoms with Gasteiger partial charge in [0.05, 0.1) is 15.4 Å². The average molecular weight is 402 g/mol. The highest BCUT2D eigenvalue weighted by molar-refractivity contribution is 9.10. The second-order valence-electron chi connectivity index (χ2n) is 4.62. The van der Waals surface area contributed by atoms with Gasteiger partial charge in [-0.05, 0) is 46.1 Å². The molecular weight excluding hydrogens is 394 g/mol. The van der Waals surface area contributed by atoms with Crippen LogP contribution in [-0.2, 0) is 5.38 Å². The number of fused-ring (bicyclic) bond motifs is 1. The van der Waals surface area contributed by atoms with Gasteiger partial charge in [-0.15, -0.1) is 0 Å². The number of ether oxygens (including phenoxy) is 1. The van der Waals surface area contributed by atoms with Crippen molar-refractivity contribution in [2.75, 3.05) is 0 Å². The van der Waals surface area contributed by atoms with E-state index in [2.05, 4.69) is 35.9 Å². The SMILES string of the molecule is Cc1ccc(Oc2ncc(Br)cn2)c2cnc(C(F)(F)Cl)nc12. The molecule has 0 spiro atoms. The number of halogens is 4. The summed E-state index contributed by atoms with van der Waals surface area (Å²) in [6, 6.07) is 3.48. The lowest BCUT2D eigenvalue weighted by Crippen LogP contribution is -2.09. The molecule has 5 nitrogen and oxygen atoms in total. The molecule has 9 heteroatoms. The van der Waals surface area contributed by atoms with E-state index in [0.29, 0.717) is 26.7 Å². The van der Waals surface area contributed by atoms with Crippen molar-refractivity contribution in [3.63, 3.8) is 0 Å². The Bertz CT molecular complexity index is 871. The van der Waals surface area contributed by atoms with Crippen LogP contribution in [0.5, 0.6) is 11.8 Å². The third-order valence-electron chi connectivity index (χ3n) is 2.96. The fourth-order valence-corrected chi connectivity index (χ4v) is 2.21. The molecule has 0 fully saturated rings. The Morgan fingerprint density at radius 2 is 1.83 bits per heavy atom. The van der Waals surface area contributed by atoms with Gasteiger partial charge in [0.15, 0.2) is 0 Å². The number of hydrogen-bond donors (Lipinski definition) is 0. The molecule has 0 N–H and O–H groups in total. The lowest BCUT2D eigenvalue weighted by atomic mass is 10.1. The normalized spacial score (nSPS) is 11.7. The van der Waals surface area contributed by atoms with Crippen LogP contribution < -0.4 is 4.74 Å². The number of rotatable bonds is 3. The summed E-state index contributed by atoms with van der Waals surface area (Å²) in [6.07, 6.45) is 4.30. The van der Waals surface area contributed by atoms with E-state index < -0.39 is 11.2 Å². The third kappa shape index (κ3) is 3.37. The Balaban J connectivity index is 2.08. The molecule has 0 saturated carbocycles. The van der Waals surface area contributed by atoms with Crippen molar-refractivity contribution in [1.29, 1.82) is 0 Å². The maximum Gasteiger partial charge on any atom is 0.381 e. The summed E-state index contributed by atoms with van der Waals surface area (Å²) in [5, 5.41) is -3.17. The summed E-state index contributed by atoms with van der Waals surface area (Å²) in [4.78, 5) is 15.5. The summed E-state index contributed by atoms with van der Waals surface area (Å²) >= 11 is 8.20. The molecule has 118 valence electrons. The molecule has 0 aliphatic heterocycles. The fraction of sp³-hybridized carbons (Fsp3) is 0.143. The summed E-state index contributed by atoms with van der Waals surface area (Å²) in [5.41, 5.74) is 1.01. The first-order valence-electron chi connectivity index (χ1n) is 6.33. The van der Waals surface area contributed by atoms with Gasteiger partial charge in [0.1, 0.15) is 5.75 Å². The van der Waals surface area contributed by atoms with Crippen molar-refractivity contribution >= 4 is 38.4 Å². The van der Waals surface area contributed by atoms with Gasteiger partial charge in [-0.2, -0.15) is 8.78 Å². The molecule has 0 aliphatic rings. The summed E-state index contributed by atoms with van der Waals surface area (Å²) in [5.74, 6) is -0.399. The summed E-state index contributed by atoms with van der Waals surface area (Å²) in [7, 11) is 0. The lowest BCUT2D eigenvalue weighted by Gasteiger charge is -2.11. The number of aromatic nitrogens is 4. The van der Waals surface area contributed by atoms with Gasteiger partial charge in [-0.25, -0.2) is 19.9 Å². The van der Waals surface area contributed by atoms with Crippen LogP contribution in [0, 0.1) is 6.92 Å². The maximum absolute atomic E-state index is 13.2. The Morgan fingerprint density at radius 1 is 1.13 bits per heavy atom. The van der Waals surface area contributed by atoms with E-state index >= 15 is 0 Å². The minimum Gasteiger partial charge on any atom is -0.424 e. The van der Waals surface area contributed by atoms with Gasteiger partial charge in [-0.1, -0.05) is 6.07 Å². The van der Waals surface area contributed by atoms with Gasteiger partial charge in [0.2, 0.25) is 5.82 Å². The number of nitrogens with zero attached hydrogens (tertiary/aromatic N) is 4. The van der Waals surface area contributed by atoms with E-state index in [1.165, 1.54) is 18.6 Å². The minimum atomic E-state index is -3.63. The van der Waals surface area contributed by atoms with Crippen LogP contribution in [0.1, 0.15) is 11.4 Å². The average Bonchev–Trinajstić information content (AvgIpc) is 2.51. The Hall–Kier alpha value is -1.93. The molecule has 0 unspecified atom stereocenters. The monoisotopic (exact) mass is 400 g/mol. The molecule has 0 saturated heterocycles. The van der Waals surface area contributed by atoms with Crippen molar-refractivity contribution in [1.82, 2.24) is 19.9 Å². The standard InChI is InChI=1S/C14H8BrClF2N4O/c1-7-2-3-10(23-13-20-4-8(15)5-21-13)9-6-19-12(14(16,17)18)22-11(7)9/h2-6H,1H3. The van der Waals surface area contributed by atoms with Crippen LogP contribution in [-0.4, -0.2) is 19.9 Å². The van der Waals surface area contributed by atoms with E-state index in [4.69, 9.17) is 16.3 Å². The largest absolute Gasteiger partial charge is 0.424 e. The Morgan fingerprint density at radius 3 is 2.48 bits per heavy atom. The highest BCUT2D eigenvalue weighted by Gasteiger charge is 2.32. The fourth-order valence-electron chi connectivity index (χ4n) is 1.91. The van der Waals surface area contributed by atoms with Crippen LogP contribution in [0.25, 0.3) is 10.9 Å². The molecule has 0 bridgehead atoms.